The Hall–Kier alpha value is -1.85. The van der Waals surface area contributed by atoms with Crippen molar-refractivity contribution >= 4 is 35.1 Å². The van der Waals surface area contributed by atoms with E-state index in [1.165, 1.54) is 6.07 Å². The average molecular weight is 298 g/mol. The monoisotopic (exact) mass is 297 g/mol. The highest BCUT2D eigenvalue weighted by Gasteiger charge is 2.07. The molecule has 0 saturated heterocycles. The second-order valence-electron chi connectivity index (χ2n) is 3.53. The Balaban J connectivity index is 1.91. The van der Waals surface area contributed by atoms with E-state index in [-0.39, 0.29) is 22.9 Å². The molecule has 0 aliphatic carbocycles. The maximum absolute atomic E-state index is 11.5. The zero-order valence-corrected chi connectivity index (χ0v) is 11.1. The number of nitrogens with zero attached hydrogens (tertiary/aromatic N) is 2. The number of hydrogen-bond donors (Lipinski definition) is 1. The van der Waals surface area contributed by atoms with Crippen LogP contribution in [0.3, 0.4) is 0 Å². The minimum Gasteiger partial charge on any atom is -0.444 e. The van der Waals surface area contributed by atoms with Crippen molar-refractivity contribution < 1.29 is 9.53 Å². The summed E-state index contributed by atoms with van der Waals surface area (Å²) in [4.78, 5) is 19.0. The van der Waals surface area contributed by atoms with Crippen molar-refractivity contribution in [1.29, 1.82) is 0 Å². The highest BCUT2D eigenvalue weighted by Crippen LogP contribution is 2.14. The Morgan fingerprint density at radius 2 is 1.95 bits per heavy atom. The summed E-state index contributed by atoms with van der Waals surface area (Å²) < 4.78 is 5.02. The molecular formula is C12H9Cl2N3O2. The third-order valence-electron chi connectivity index (χ3n) is 2.11. The second-order valence-corrected chi connectivity index (χ2v) is 4.26. The molecule has 1 amide bonds. The lowest BCUT2D eigenvalue weighted by Crippen LogP contribution is -2.14. The van der Waals surface area contributed by atoms with Crippen molar-refractivity contribution in [3.63, 3.8) is 0 Å². The van der Waals surface area contributed by atoms with Crippen LogP contribution in [0.25, 0.3) is 0 Å². The van der Waals surface area contributed by atoms with Gasteiger partial charge in [-0.3, -0.25) is 5.32 Å². The van der Waals surface area contributed by atoms with Crippen LogP contribution >= 0.6 is 23.2 Å². The average Bonchev–Trinajstić information content (AvgIpc) is 2.36. The molecule has 1 N–H and O–H groups in total. The van der Waals surface area contributed by atoms with E-state index in [0.29, 0.717) is 0 Å². The molecular weight excluding hydrogens is 289 g/mol. The normalized spacial score (nSPS) is 10.0. The van der Waals surface area contributed by atoms with Crippen LogP contribution in [0.5, 0.6) is 0 Å². The molecule has 0 saturated carbocycles. The lowest BCUT2D eigenvalue weighted by atomic mass is 10.2. The minimum absolute atomic E-state index is 0.0501. The highest BCUT2D eigenvalue weighted by molar-refractivity contribution is 6.32. The van der Waals surface area contributed by atoms with E-state index >= 15 is 0 Å². The van der Waals surface area contributed by atoms with Gasteiger partial charge in [-0.05, 0) is 17.2 Å². The summed E-state index contributed by atoms with van der Waals surface area (Å²) in [7, 11) is 0. The summed E-state index contributed by atoms with van der Waals surface area (Å²) in [5.74, 6) is 0.183. The first-order valence-electron chi connectivity index (χ1n) is 5.31. The number of carbonyl (C=O) groups excluding carboxylic acids is 1. The molecule has 0 radical (unpaired) electrons. The lowest BCUT2D eigenvalue weighted by Gasteiger charge is -2.06. The summed E-state index contributed by atoms with van der Waals surface area (Å²) in [6.07, 6.45) is -0.644. The number of rotatable bonds is 3. The Kier molecular flexibility index (Phi) is 4.54. The van der Waals surface area contributed by atoms with Gasteiger partial charge in [0.2, 0.25) is 5.28 Å². The number of halogens is 2. The van der Waals surface area contributed by atoms with Gasteiger partial charge >= 0.3 is 6.09 Å². The van der Waals surface area contributed by atoms with Crippen LogP contribution in [0, 0.1) is 0 Å². The molecule has 0 aliphatic heterocycles. The number of amides is 1. The lowest BCUT2D eigenvalue weighted by molar-refractivity contribution is 0.155. The fraction of sp³-hybridized carbons (Fsp3) is 0.0833. The molecule has 0 atom stereocenters. The number of anilines is 1. The van der Waals surface area contributed by atoms with E-state index in [1.54, 1.807) is 0 Å². The number of carbonyl (C=O) groups is 1. The van der Waals surface area contributed by atoms with Crippen molar-refractivity contribution in [2.24, 2.45) is 0 Å². The van der Waals surface area contributed by atoms with Crippen LogP contribution in [0.4, 0.5) is 10.6 Å². The maximum atomic E-state index is 11.5. The molecule has 19 heavy (non-hydrogen) atoms. The van der Waals surface area contributed by atoms with Crippen molar-refractivity contribution in [3.8, 4) is 0 Å². The second kappa shape index (κ2) is 6.36. The van der Waals surface area contributed by atoms with Gasteiger partial charge in [-0.1, -0.05) is 41.9 Å². The third-order valence-corrected chi connectivity index (χ3v) is 2.47. The number of hydrogen-bond acceptors (Lipinski definition) is 4. The Labute approximate surface area is 119 Å². The molecule has 0 unspecified atom stereocenters. The van der Waals surface area contributed by atoms with Crippen molar-refractivity contribution in [2.45, 2.75) is 6.61 Å². The van der Waals surface area contributed by atoms with Gasteiger partial charge in [-0.15, -0.1) is 0 Å². The van der Waals surface area contributed by atoms with Crippen molar-refractivity contribution in [1.82, 2.24) is 9.97 Å². The molecule has 5 nitrogen and oxygen atoms in total. The van der Waals surface area contributed by atoms with Crippen LogP contribution in [0.15, 0.2) is 36.4 Å². The number of ether oxygens (including phenoxy) is 1. The van der Waals surface area contributed by atoms with E-state index < -0.39 is 6.09 Å². The predicted molar refractivity (Wildman–Crippen MR) is 72.3 cm³/mol. The van der Waals surface area contributed by atoms with E-state index in [1.807, 2.05) is 30.3 Å². The molecule has 0 aliphatic rings. The van der Waals surface area contributed by atoms with Gasteiger partial charge in [0.05, 0.1) is 0 Å². The third kappa shape index (κ3) is 4.39. The van der Waals surface area contributed by atoms with Gasteiger partial charge in [-0.2, -0.15) is 0 Å². The molecule has 2 rings (SSSR count). The van der Waals surface area contributed by atoms with Gasteiger partial charge in [0, 0.05) is 6.07 Å². The number of benzene rings is 1. The molecule has 7 heteroatoms. The van der Waals surface area contributed by atoms with E-state index in [4.69, 9.17) is 27.9 Å². The quantitative estimate of drug-likeness (QED) is 0.695. The minimum atomic E-state index is -0.644. The first kappa shape index (κ1) is 13.6. The summed E-state index contributed by atoms with van der Waals surface area (Å²) in [6, 6.07) is 10.7. The van der Waals surface area contributed by atoms with E-state index in [9.17, 15) is 4.79 Å². The molecule has 0 bridgehead atoms. The summed E-state index contributed by atoms with van der Waals surface area (Å²) in [5.41, 5.74) is 0.886. The molecule has 1 aromatic carbocycles. The smallest absolute Gasteiger partial charge is 0.413 e. The van der Waals surface area contributed by atoms with Crippen LogP contribution in [-0.2, 0) is 11.3 Å². The number of aromatic nitrogens is 2. The Morgan fingerprint density at radius 3 is 2.63 bits per heavy atom. The fourth-order valence-electron chi connectivity index (χ4n) is 1.32. The maximum Gasteiger partial charge on any atom is 0.413 e. The number of nitrogens with one attached hydrogen (secondary N) is 1. The first-order valence-corrected chi connectivity index (χ1v) is 6.07. The SMILES string of the molecule is O=C(Nc1cc(Cl)nc(Cl)n1)OCc1ccccc1. The van der Waals surface area contributed by atoms with Crippen molar-refractivity contribution in [3.05, 3.63) is 52.4 Å². The molecule has 0 spiro atoms. The highest BCUT2D eigenvalue weighted by atomic mass is 35.5. The first-order chi connectivity index (χ1) is 9.13. The Morgan fingerprint density at radius 1 is 1.21 bits per heavy atom. The van der Waals surface area contributed by atoms with Crippen LogP contribution in [0.2, 0.25) is 10.4 Å². The van der Waals surface area contributed by atoms with Gasteiger partial charge in [0.1, 0.15) is 17.6 Å². The summed E-state index contributed by atoms with van der Waals surface area (Å²) in [6.45, 7) is 0.166. The zero-order chi connectivity index (χ0) is 13.7. The van der Waals surface area contributed by atoms with Crippen LogP contribution < -0.4 is 5.32 Å². The van der Waals surface area contributed by atoms with Gasteiger partial charge in [0.15, 0.2) is 0 Å². The molecule has 1 heterocycles. The molecule has 0 fully saturated rings. The topological polar surface area (TPSA) is 64.1 Å². The van der Waals surface area contributed by atoms with Gasteiger partial charge in [0.25, 0.3) is 0 Å². The molecule has 2 aromatic rings. The van der Waals surface area contributed by atoms with Gasteiger partial charge in [-0.25, -0.2) is 14.8 Å². The largest absolute Gasteiger partial charge is 0.444 e. The van der Waals surface area contributed by atoms with Crippen molar-refractivity contribution in [2.75, 3.05) is 5.32 Å². The Bertz CT molecular complexity index is 558. The fourth-order valence-corrected chi connectivity index (χ4v) is 1.73. The van der Waals surface area contributed by atoms with E-state index in [0.717, 1.165) is 5.56 Å². The zero-order valence-electron chi connectivity index (χ0n) is 9.64. The summed E-state index contributed by atoms with van der Waals surface area (Å²) in [5, 5.41) is 2.50. The van der Waals surface area contributed by atoms with Crippen LogP contribution in [-0.4, -0.2) is 16.1 Å². The van der Waals surface area contributed by atoms with E-state index in [2.05, 4.69) is 15.3 Å². The molecule has 1 aromatic heterocycles. The van der Waals surface area contributed by atoms with Crippen LogP contribution in [0.1, 0.15) is 5.56 Å². The standard InChI is InChI=1S/C12H9Cl2N3O2/c13-9-6-10(16-11(14)15-9)17-12(18)19-7-8-4-2-1-3-5-8/h1-6H,7H2,(H,15,16,17,18). The molecule has 98 valence electrons. The van der Waals surface area contributed by atoms with Gasteiger partial charge < -0.3 is 4.74 Å². The predicted octanol–water partition coefficient (Wildman–Crippen LogP) is 3.53. The summed E-state index contributed by atoms with van der Waals surface area (Å²) >= 11 is 11.3.